The lowest BCUT2D eigenvalue weighted by atomic mass is 10.0. The molecule has 1 aromatic rings. The van der Waals surface area contributed by atoms with E-state index >= 15 is 0 Å². The number of rotatable bonds is 5. The summed E-state index contributed by atoms with van der Waals surface area (Å²) in [5, 5.41) is 0. The van der Waals surface area contributed by atoms with Gasteiger partial charge in [0.15, 0.2) is 0 Å². The Bertz CT molecular complexity index is 414. The maximum absolute atomic E-state index is 12.6. The van der Waals surface area contributed by atoms with Crippen LogP contribution in [0, 0.1) is 0 Å². The summed E-state index contributed by atoms with van der Waals surface area (Å²) in [6.07, 6.45) is -4.44. The van der Waals surface area contributed by atoms with Gasteiger partial charge in [0.05, 0.1) is 5.56 Å². The lowest BCUT2D eigenvalue weighted by Crippen LogP contribution is -2.10. The molecule has 0 saturated carbocycles. The van der Waals surface area contributed by atoms with Crippen LogP contribution in [0.2, 0.25) is 0 Å². The van der Waals surface area contributed by atoms with E-state index in [0.717, 1.165) is 12.1 Å². The Labute approximate surface area is 99.4 Å². The molecule has 0 aliphatic heterocycles. The van der Waals surface area contributed by atoms with E-state index < -0.39 is 18.4 Å². The standard InChI is InChI=1S/C11H9F5O2/c12-10(13)18-8-3-4-9(11(14,15)16)7(6-8)2-1-5-17/h3-6,10H,1-2H2. The number of ether oxygens (including phenoxy) is 1. The highest BCUT2D eigenvalue weighted by Crippen LogP contribution is 2.34. The molecule has 1 rings (SSSR count). The normalized spacial score (nSPS) is 11.7. The fourth-order valence-corrected chi connectivity index (χ4v) is 1.44. The van der Waals surface area contributed by atoms with Crippen molar-refractivity contribution in [3.8, 4) is 5.75 Å². The first kappa shape index (κ1) is 14.4. The number of alkyl halides is 5. The van der Waals surface area contributed by atoms with Crippen molar-refractivity contribution in [2.75, 3.05) is 0 Å². The molecule has 0 N–H and O–H groups in total. The first-order valence-electron chi connectivity index (χ1n) is 4.93. The summed E-state index contributed by atoms with van der Waals surface area (Å²) < 4.78 is 65.7. The molecule has 0 aliphatic carbocycles. The van der Waals surface area contributed by atoms with Gasteiger partial charge in [-0.05, 0) is 30.2 Å². The largest absolute Gasteiger partial charge is 0.435 e. The molecule has 7 heteroatoms. The quantitative estimate of drug-likeness (QED) is 0.604. The van der Waals surface area contributed by atoms with Crippen LogP contribution in [0.15, 0.2) is 18.2 Å². The van der Waals surface area contributed by atoms with Crippen LogP contribution in [0.1, 0.15) is 17.5 Å². The molecule has 0 saturated heterocycles. The number of halogens is 5. The Balaban J connectivity index is 3.07. The summed E-state index contributed by atoms with van der Waals surface area (Å²) in [6.45, 7) is -3.11. The minimum Gasteiger partial charge on any atom is -0.435 e. The zero-order chi connectivity index (χ0) is 13.8. The van der Waals surface area contributed by atoms with Gasteiger partial charge in [0.1, 0.15) is 12.0 Å². The molecular formula is C11H9F5O2. The topological polar surface area (TPSA) is 26.3 Å². The van der Waals surface area contributed by atoms with E-state index in [-0.39, 0.29) is 24.2 Å². The van der Waals surface area contributed by atoms with E-state index in [1.807, 2.05) is 0 Å². The van der Waals surface area contributed by atoms with Crippen molar-refractivity contribution in [3.05, 3.63) is 29.3 Å². The molecule has 1 aromatic carbocycles. The predicted octanol–water partition coefficient (Wildman–Crippen LogP) is 3.44. The van der Waals surface area contributed by atoms with Crippen LogP contribution in [0.5, 0.6) is 5.75 Å². The Morgan fingerprint density at radius 2 is 1.94 bits per heavy atom. The van der Waals surface area contributed by atoms with Crippen LogP contribution in [0.3, 0.4) is 0 Å². The average Bonchev–Trinajstić information content (AvgIpc) is 2.24. The third kappa shape index (κ3) is 3.97. The Kier molecular flexibility index (Phi) is 4.63. The Hall–Kier alpha value is -1.66. The lowest BCUT2D eigenvalue weighted by Gasteiger charge is -2.14. The van der Waals surface area contributed by atoms with E-state index in [2.05, 4.69) is 4.74 Å². The summed E-state index contributed by atoms with van der Waals surface area (Å²) in [7, 11) is 0. The predicted molar refractivity (Wildman–Crippen MR) is 52.5 cm³/mol. The van der Waals surface area contributed by atoms with Gasteiger partial charge in [-0.2, -0.15) is 22.0 Å². The number of aldehydes is 1. The third-order valence-corrected chi connectivity index (χ3v) is 2.14. The zero-order valence-corrected chi connectivity index (χ0v) is 9.01. The Morgan fingerprint density at radius 3 is 2.44 bits per heavy atom. The number of hydrogen-bond acceptors (Lipinski definition) is 2. The van der Waals surface area contributed by atoms with Gasteiger partial charge in [0, 0.05) is 6.42 Å². The minimum atomic E-state index is -4.60. The zero-order valence-electron chi connectivity index (χ0n) is 9.01. The van der Waals surface area contributed by atoms with Gasteiger partial charge < -0.3 is 9.53 Å². The highest BCUT2D eigenvalue weighted by molar-refractivity contribution is 5.51. The number of benzene rings is 1. The first-order valence-corrected chi connectivity index (χ1v) is 4.93. The van der Waals surface area contributed by atoms with Crippen LogP contribution in [0.4, 0.5) is 22.0 Å². The molecule has 0 fully saturated rings. The average molecular weight is 268 g/mol. The number of carbonyl (C=O) groups excluding carboxylic acids is 1. The third-order valence-electron chi connectivity index (χ3n) is 2.14. The molecule has 0 spiro atoms. The van der Waals surface area contributed by atoms with Crippen molar-refractivity contribution in [3.63, 3.8) is 0 Å². The minimum absolute atomic E-state index is 0.124. The SMILES string of the molecule is O=CCCc1cc(OC(F)F)ccc1C(F)(F)F. The molecule has 100 valence electrons. The van der Waals surface area contributed by atoms with Gasteiger partial charge in [-0.3, -0.25) is 0 Å². The first-order chi connectivity index (χ1) is 8.34. The maximum atomic E-state index is 12.6. The molecule has 0 unspecified atom stereocenters. The smallest absolute Gasteiger partial charge is 0.416 e. The number of carbonyl (C=O) groups is 1. The molecule has 0 bridgehead atoms. The van der Waals surface area contributed by atoms with E-state index in [1.54, 1.807) is 0 Å². The fourth-order valence-electron chi connectivity index (χ4n) is 1.44. The van der Waals surface area contributed by atoms with Crippen LogP contribution >= 0.6 is 0 Å². The van der Waals surface area contributed by atoms with E-state index in [4.69, 9.17) is 0 Å². The van der Waals surface area contributed by atoms with E-state index in [0.29, 0.717) is 12.4 Å². The summed E-state index contributed by atoms with van der Waals surface area (Å²) in [5.74, 6) is -0.362. The van der Waals surface area contributed by atoms with Crippen molar-refractivity contribution in [1.82, 2.24) is 0 Å². The second-order valence-electron chi connectivity index (χ2n) is 3.40. The van der Waals surface area contributed by atoms with Crippen molar-refractivity contribution in [2.24, 2.45) is 0 Å². The summed E-state index contributed by atoms with van der Waals surface area (Å²) >= 11 is 0. The molecule has 0 heterocycles. The van der Waals surface area contributed by atoms with Gasteiger partial charge in [-0.15, -0.1) is 0 Å². The van der Waals surface area contributed by atoms with Gasteiger partial charge >= 0.3 is 12.8 Å². The highest BCUT2D eigenvalue weighted by Gasteiger charge is 2.33. The summed E-state index contributed by atoms with van der Waals surface area (Å²) in [5.41, 5.74) is -1.20. The van der Waals surface area contributed by atoms with Gasteiger partial charge in [0.2, 0.25) is 0 Å². The summed E-state index contributed by atoms with van der Waals surface area (Å²) in [6, 6.07) is 2.36. The van der Waals surface area contributed by atoms with Gasteiger partial charge in [-0.1, -0.05) is 0 Å². The molecule has 0 atom stereocenters. The van der Waals surface area contributed by atoms with Gasteiger partial charge in [-0.25, -0.2) is 0 Å². The van der Waals surface area contributed by atoms with E-state index in [1.165, 1.54) is 0 Å². The van der Waals surface area contributed by atoms with Crippen LogP contribution in [-0.2, 0) is 17.4 Å². The van der Waals surface area contributed by atoms with Crippen molar-refractivity contribution < 1.29 is 31.5 Å². The second kappa shape index (κ2) is 5.79. The highest BCUT2D eigenvalue weighted by atomic mass is 19.4. The molecule has 18 heavy (non-hydrogen) atoms. The monoisotopic (exact) mass is 268 g/mol. The van der Waals surface area contributed by atoms with Crippen molar-refractivity contribution in [2.45, 2.75) is 25.6 Å². The molecule has 2 nitrogen and oxygen atoms in total. The molecule has 0 radical (unpaired) electrons. The van der Waals surface area contributed by atoms with Crippen molar-refractivity contribution in [1.29, 1.82) is 0 Å². The van der Waals surface area contributed by atoms with Crippen molar-refractivity contribution >= 4 is 6.29 Å². The van der Waals surface area contributed by atoms with Gasteiger partial charge in [0.25, 0.3) is 0 Å². The molecular weight excluding hydrogens is 259 g/mol. The number of aryl methyl sites for hydroxylation is 1. The molecule has 0 amide bonds. The molecule has 0 aromatic heterocycles. The van der Waals surface area contributed by atoms with Crippen LogP contribution in [-0.4, -0.2) is 12.9 Å². The maximum Gasteiger partial charge on any atom is 0.416 e. The van der Waals surface area contributed by atoms with Crippen LogP contribution < -0.4 is 4.74 Å². The van der Waals surface area contributed by atoms with Crippen LogP contribution in [0.25, 0.3) is 0 Å². The Morgan fingerprint density at radius 1 is 1.28 bits per heavy atom. The lowest BCUT2D eigenvalue weighted by molar-refractivity contribution is -0.138. The van der Waals surface area contributed by atoms with E-state index in [9.17, 15) is 26.7 Å². The number of hydrogen-bond donors (Lipinski definition) is 0. The summed E-state index contributed by atoms with van der Waals surface area (Å²) in [4.78, 5) is 10.2. The fraction of sp³-hybridized carbons (Fsp3) is 0.364. The molecule has 0 aliphatic rings. The second-order valence-corrected chi connectivity index (χ2v) is 3.40.